The van der Waals surface area contributed by atoms with Crippen LogP contribution in [0.5, 0.6) is 0 Å². The van der Waals surface area contributed by atoms with Gasteiger partial charge in [-0.15, -0.1) is 0 Å². The molecule has 1 aliphatic heterocycles. The van der Waals surface area contributed by atoms with E-state index in [-0.39, 0.29) is 5.41 Å². The standard InChI is InChI=1S/C17H27NO/c1-17(2)9-18-8-14(16(17)19)15-12-4-10-3-11(6-12)7-13(15)5-10/h10-15,18H,3-9H2,1-2H3. The minimum Gasteiger partial charge on any atom is -0.315 e. The maximum Gasteiger partial charge on any atom is 0.144 e. The SMILES string of the molecule is CC1(C)CNCC(C2C3CC4CC(C3)CC2C4)C1=O. The first-order chi connectivity index (χ1) is 9.04. The van der Waals surface area contributed by atoms with Crippen LogP contribution in [0.25, 0.3) is 0 Å². The minimum atomic E-state index is -0.141. The van der Waals surface area contributed by atoms with Gasteiger partial charge in [-0.2, -0.15) is 0 Å². The molecule has 4 saturated carbocycles. The van der Waals surface area contributed by atoms with E-state index in [9.17, 15) is 4.79 Å². The quantitative estimate of drug-likeness (QED) is 0.786. The van der Waals surface area contributed by atoms with E-state index >= 15 is 0 Å². The Morgan fingerprint density at radius 2 is 1.58 bits per heavy atom. The highest BCUT2D eigenvalue weighted by Gasteiger charge is 2.53. The lowest BCUT2D eigenvalue weighted by Crippen LogP contribution is -2.57. The van der Waals surface area contributed by atoms with Crippen molar-refractivity contribution in [3.8, 4) is 0 Å². The lowest BCUT2D eigenvalue weighted by Gasteiger charge is -2.57. The van der Waals surface area contributed by atoms with Gasteiger partial charge >= 0.3 is 0 Å². The summed E-state index contributed by atoms with van der Waals surface area (Å²) >= 11 is 0. The fourth-order valence-corrected chi connectivity index (χ4v) is 6.16. The number of hydrogen-bond donors (Lipinski definition) is 1. The molecule has 5 rings (SSSR count). The van der Waals surface area contributed by atoms with Crippen LogP contribution in [0.4, 0.5) is 0 Å². The highest BCUT2D eigenvalue weighted by Crippen LogP contribution is 2.59. The number of carbonyl (C=O) groups excluding carboxylic acids is 1. The lowest BCUT2D eigenvalue weighted by atomic mass is 9.48. The Morgan fingerprint density at radius 1 is 1.00 bits per heavy atom. The summed E-state index contributed by atoms with van der Waals surface area (Å²) in [4.78, 5) is 12.8. The van der Waals surface area contributed by atoms with E-state index in [4.69, 9.17) is 0 Å². The van der Waals surface area contributed by atoms with E-state index in [1.54, 1.807) is 0 Å². The summed E-state index contributed by atoms with van der Waals surface area (Å²) in [5.74, 6) is 5.37. The third kappa shape index (κ3) is 1.82. The van der Waals surface area contributed by atoms with Gasteiger partial charge in [-0.1, -0.05) is 13.8 Å². The third-order valence-electron chi connectivity index (χ3n) is 6.70. The molecule has 1 heterocycles. The van der Waals surface area contributed by atoms with Crippen LogP contribution in [-0.2, 0) is 4.79 Å². The molecule has 1 unspecified atom stereocenters. The molecule has 1 saturated heterocycles. The van der Waals surface area contributed by atoms with Gasteiger partial charge in [0.2, 0.25) is 0 Å². The van der Waals surface area contributed by atoms with Gasteiger partial charge in [0, 0.05) is 24.4 Å². The van der Waals surface area contributed by atoms with Gasteiger partial charge in [-0.25, -0.2) is 0 Å². The molecule has 1 N–H and O–H groups in total. The predicted molar refractivity (Wildman–Crippen MR) is 75.7 cm³/mol. The van der Waals surface area contributed by atoms with Crippen molar-refractivity contribution in [2.45, 2.75) is 46.0 Å². The number of hydrogen-bond acceptors (Lipinski definition) is 2. The van der Waals surface area contributed by atoms with E-state index in [0.29, 0.717) is 17.6 Å². The average Bonchev–Trinajstić information content (AvgIpc) is 2.33. The number of rotatable bonds is 1. The van der Waals surface area contributed by atoms with E-state index in [2.05, 4.69) is 19.2 Å². The van der Waals surface area contributed by atoms with E-state index in [1.165, 1.54) is 32.1 Å². The molecule has 5 aliphatic rings. The Balaban J connectivity index is 1.60. The molecular formula is C17H27NO. The third-order valence-corrected chi connectivity index (χ3v) is 6.70. The molecule has 0 spiro atoms. The second-order valence-corrected chi connectivity index (χ2v) is 8.49. The smallest absolute Gasteiger partial charge is 0.144 e. The Kier molecular flexibility index (Phi) is 2.65. The summed E-state index contributed by atoms with van der Waals surface area (Å²) in [6.07, 6.45) is 7.23. The van der Waals surface area contributed by atoms with Crippen LogP contribution in [0.1, 0.15) is 46.0 Å². The van der Waals surface area contributed by atoms with Crippen LogP contribution in [0.2, 0.25) is 0 Å². The summed E-state index contributed by atoms with van der Waals surface area (Å²) in [5.41, 5.74) is -0.141. The highest BCUT2D eigenvalue weighted by molar-refractivity contribution is 5.88. The number of piperidine rings is 1. The fraction of sp³-hybridized carbons (Fsp3) is 0.941. The molecule has 5 fully saturated rings. The van der Waals surface area contributed by atoms with Crippen molar-refractivity contribution in [1.29, 1.82) is 0 Å². The van der Waals surface area contributed by atoms with Crippen LogP contribution in [0, 0.1) is 40.9 Å². The Hall–Kier alpha value is -0.370. The van der Waals surface area contributed by atoms with E-state index in [0.717, 1.165) is 36.8 Å². The van der Waals surface area contributed by atoms with E-state index < -0.39 is 0 Å². The largest absolute Gasteiger partial charge is 0.315 e. The maximum atomic E-state index is 12.8. The second kappa shape index (κ2) is 4.07. The van der Waals surface area contributed by atoms with Crippen molar-refractivity contribution in [3.05, 3.63) is 0 Å². The van der Waals surface area contributed by atoms with Crippen LogP contribution in [0.3, 0.4) is 0 Å². The van der Waals surface area contributed by atoms with Crippen molar-refractivity contribution in [2.75, 3.05) is 13.1 Å². The Labute approximate surface area is 116 Å². The van der Waals surface area contributed by atoms with Crippen LogP contribution < -0.4 is 5.32 Å². The monoisotopic (exact) mass is 261 g/mol. The van der Waals surface area contributed by atoms with E-state index in [1.807, 2.05) is 0 Å². The first kappa shape index (κ1) is 12.4. The van der Waals surface area contributed by atoms with Crippen LogP contribution in [0.15, 0.2) is 0 Å². The fourth-order valence-electron chi connectivity index (χ4n) is 6.16. The van der Waals surface area contributed by atoms with Gasteiger partial charge in [-0.05, 0) is 61.7 Å². The zero-order valence-corrected chi connectivity index (χ0v) is 12.3. The molecule has 4 aliphatic carbocycles. The topological polar surface area (TPSA) is 29.1 Å². The van der Waals surface area contributed by atoms with Crippen LogP contribution >= 0.6 is 0 Å². The first-order valence-corrected chi connectivity index (χ1v) is 8.29. The van der Waals surface area contributed by atoms with Gasteiger partial charge in [-0.3, -0.25) is 4.79 Å². The van der Waals surface area contributed by atoms with Crippen molar-refractivity contribution < 1.29 is 4.79 Å². The molecule has 19 heavy (non-hydrogen) atoms. The summed E-state index contributed by atoms with van der Waals surface area (Å²) in [6.45, 7) is 6.08. The normalized spacial score (nSPS) is 51.6. The van der Waals surface area contributed by atoms with Gasteiger partial charge in [0.05, 0.1) is 0 Å². The molecule has 1 atom stereocenters. The van der Waals surface area contributed by atoms with Gasteiger partial charge < -0.3 is 5.32 Å². The molecule has 4 bridgehead atoms. The predicted octanol–water partition coefficient (Wildman–Crippen LogP) is 2.87. The number of Topliss-reactive ketones (excluding diaryl/α,β-unsaturated/α-hetero) is 1. The van der Waals surface area contributed by atoms with Gasteiger partial charge in [0.15, 0.2) is 0 Å². The molecule has 106 valence electrons. The molecular weight excluding hydrogens is 234 g/mol. The Bertz CT molecular complexity index is 372. The van der Waals surface area contributed by atoms with Gasteiger partial charge in [0.1, 0.15) is 5.78 Å². The summed E-state index contributed by atoms with van der Waals surface area (Å²) < 4.78 is 0. The number of carbonyl (C=O) groups is 1. The molecule has 0 amide bonds. The minimum absolute atomic E-state index is 0.141. The molecule has 2 nitrogen and oxygen atoms in total. The van der Waals surface area contributed by atoms with Crippen LogP contribution in [-0.4, -0.2) is 18.9 Å². The zero-order chi connectivity index (χ0) is 13.2. The van der Waals surface area contributed by atoms with Crippen molar-refractivity contribution >= 4 is 5.78 Å². The number of nitrogens with one attached hydrogen (secondary N) is 1. The molecule has 2 heteroatoms. The van der Waals surface area contributed by atoms with Crippen molar-refractivity contribution in [3.63, 3.8) is 0 Å². The summed E-state index contributed by atoms with van der Waals surface area (Å²) in [7, 11) is 0. The molecule has 0 aromatic rings. The molecule has 0 aromatic heterocycles. The maximum absolute atomic E-state index is 12.8. The van der Waals surface area contributed by atoms with Crippen molar-refractivity contribution in [1.82, 2.24) is 5.32 Å². The first-order valence-electron chi connectivity index (χ1n) is 8.29. The Morgan fingerprint density at radius 3 is 2.16 bits per heavy atom. The van der Waals surface area contributed by atoms with Gasteiger partial charge in [0.25, 0.3) is 0 Å². The second-order valence-electron chi connectivity index (χ2n) is 8.49. The summed E-state index contributed by atoms with van der Waals surface area (Å²) in [6, 6.07) is 0. The lowest BCUT2D eigenvalue weighted by molar-refractivity contribution is -0.143. The number of ketones is 1. The highest BCUT2D eigenvalue weighted by atomic mass is 16.1. The molecule has 0 radical (unpaired) electrons. The summed E-state index contributed by atoms with van der Waals surface area (Å²) in [5, 5.41) is 3.54. The molecule has 0 aromatic carbocycles. The average molecular weight is 261 g/mol. The van der Waals surface area contributed by atoms with Crippen molar-refractivity contribution in [2.24, 2.45) is 40.9 Å². The zero-order valence-electron chi connectivity index (χ0n) is 12.3.